The molecule has 9 aromatic rings. The van der Waals surface area contributed by atoms with E-state index in [1.54, 1.807) is 0 Å². The maximum atomic E-state index is 10.5. The van der Waals surface area contributed by atoms with Crippen LogP contribution in [0.2, 0.25) is 0 Å². The number of hydrogen-bond donors (Lipinski definition) is 0. The van der Waals surface area contributed by atoms with E-state index in [1.165, 1.54) is 5.56 Å². The van der Waals surface area contributed by atoms with Gasteiger partial charge in [0.05, 0.1) is 44.7 Å². The van der Waals surface area contributed by atoms with Crippen LogP contribution in [0, 0.1) is 29.6 Å². The number of aromatic nitrogens is 2. The first-order valence-electron chi connectivity index (χ1n) is 17.7. The normalized spacial score (nSPS) is 14.5. The first-order chi connectivity index (χ1) is 25.8. The molecule has 0 saturated heterocycles. The van der Waals surface area contributed by atoms with Crippen molar-refractivity contribution in [3.8, 4) is 23.5 Å². The SMILES string of the molecule is C=C1/C(=C\c2c(C)c3cc4c(cc3n2-c2cc(C#N)c(C#N)cc2-n2c3ccccc3c3ccccc32)oc2ccccc24)C(C)(C)c2ccccc21. The van der Waals surface area contributed by atoms with Crippen LogP contribution in [0.5, 0.6) is 0 Å². The molecular formula is C48H32N4O. The lowest BCUT2D eigenvalue weighted by atomic mass is 9.81. The second-order valence-electron chi connectivity index (χ2n) is 14.5. The zero-order valence-corrected chi connectivity index (χ0v) is 29.5. The molecule has 0 bridgehead atoms. The summed E-state index contributed by atoms with van der Waals surface area (Å²) in [5, 5.41) is 26.3. The van der Waals surface area contributed by atoms with E-state index in [0.29, 0.717) is 11.1 Å². The zero-order valence-electron chi connectivity index (χ0n) is 29.5. The number of aryl methyl sites for hydroxylation is 1. The molecule has 0 unspecified atom stereocenters. The summed E-state index contributed by atoms with van der Waals surface area (Å²) in [6.07, 6.45) is 2.29. The number of allylic oxidation sites excluding steroid dienone is 2. The summed E-state index contributed by atoms with van der Waals surface area (Å²) in [4.78, 5) is 0. The van der Waals surface area contributed by atoms with Gasteiger partial charge in [0, 0.05) is 38.4 Å². The van der Waals surface area contributed by atoms with Gasteiger partial charge in [0.25, 0.3) is 0 Å². The number of nitrogens with zero attached hydrogens (tertiary/aromatic N) is 4. The average Bonchev–Trinajstić information content (AvgIpc) is 3.86. The van der Waals surface area contributed by atoms with E-state index in [0.717, 1.165) is 94.0 Å². The van der Waals surface area contributed by atoms with E-state index in [2.05, 4.69) is 134 Å². The van der Waals surface area contributed by atoms with Crippen molar-refractivity contribution < 1.29 is 4.42 Å². The Balaban J connectivity index is 1.38. The van der Waals surface area contributed by atoms with Gasteiger partial charge in [-0.3, -0.25) is 0 Å². The van der Waals surface area contributed by atoms with Gasteiger partial charge in [-0.15, -0.1) is 0 Å². The summed E-state index contributed by atoms with van der Waals surface area (Å²) in [5.74, 6) is 0. The largest absolute Gasteiger partial charge is 0.456 e. The van der Waals surface area contributed by atoms with Crippen LogP contribution in [0.15, 0.2) is 138 Å². The van der Waals surface area contributed by atoms with Gasteiger partial charge < -0.3 is 13.6 Å². The fraction of sp³-hybridized carbons (Fsp3) is 0.0833. The standard InChI is InChI=1S/C48H32N4O/c1-28-32-13-5-9-17-38(32)48(3,4)39(28)24-42-29(2)36-23-37-35-16-8-12-20-46(35)53-47(37)25-43(36)52(42)45-22-31(27-50)30(26-49)21-44(45)51-40-18-10-6-14-33(40)34-15-7-11-19-41(34)51/h5-25H,1H2,2-4H3/b39-24+. The molecule has 0 radical (unpaired) electrons. The molecule has 0 atom stereocenters. The number of hydrogen-bond acceptors (Lipinski definition) is 3. The van der Waals surface area contributed by atoms with Crippen molar-refractivity contribution in [2.45, 2.75) is 26.2 Å². The van der Waals surface area contributed by atoms with Gasteiger partial charge in [0.1, 0.15) is 23.3 Å². The van der Waals surface area contributed by atoms with Crippen LogP contribution in [0.25, 0.3) is 77.7 Å². The van der Waals surface area contributed by atoms with Gasteiger partial charge in [-0.05, 0) is 77.2 Å². The van der Waals surface area contributed by atoms with Crippen molar-refractivity contribution in [3.63, 3.8) is 0 Å². The van der Waals surface area contributed by atoms with Crippen molar-refractivity contribution in [2.75, 3.05) is 0 Å². The summed E-state index contributed by atoms with van der Waals surface area (Å²) in [5.41, 5.74) is 13.1. The number of benzene rings is 6. The van der Waals surface area contributed by atoms with Crippen molar-refractivity contribution >= 4 is 66.3 Å². The van der Waals surface area contributed by atoms with E-state index < -0.39 is 0 Å². The molecule has 3 heterocycles. The number of nitriles is 2. The van der Waals surface area contributed by atoms with Gasteiger partial charge in [-0.1, -0.05) is 99.3 Å². The van der Waals surface area contributed by atoms with Crippen LogP contribution < -0.4 is 0 Å². The Labute approximate surface area is 306 Å². The van der Waals surface area contributed by atoms with Crippen molar-refractivity contribution in [1.82, 2.24) is 9.13 Å². The quantitative estimate of drug-likeness (QED) is 0.186. The highest BCUT2D eigenvalue weighted by Gasteiger charge is 2.37. The van der Waals surface area contributed by atoms with Crippen LogP contribution in [-0.4, -0.2) is 9.13 Å². The highest BCUT2D eigenvalue weighted by atomic mass is 16.3. The Hall–Kier alpha value is -7.08. The molecule has 1 aliphatic carbocycles. The van der Waals surface area contributed by atoms with Gasteiger partial charge in [-0.2, -0.15) is 10.5 Å². The van der Waals surface area contributed by atoms with E-state index in [1.807, 2.05) is 42.5 Å². The molecule has 10 rings (SSSR count). The number of furan rings is 1. The zero-order chi connectivity index (χ0) is 36.2. The van der Waals surface area contributed by atoms with Gasteiger partial charge >= 0.3 is 0 Å². The average molecular weight is 681 g/mol. The molecular weight excluding hydrogens is 649 g/mol. The maximum absolute atomic E-state index is 10.5. The van der Waals surface area contributed by atoms with Crippen LogP contribution in [-0.2, 0) is 5.41 Å². The van der Waals surface area contributed by atoms with Crippen molar-refractivity contribution in [3.05, 3.63) is 167 Å². The molecule has 250 valence electrons. The maximum Gasteiger partial charge on any atom is 0.137 e. The predicted octanol–water partition coefficient (Wildman–Crippen LogP) is 12.1. The molecule has 3 aromatic heterocycles. The fourth-order valence-electron chi connectivity index (χ4n) is 8.78. The third-order valence-electron chi connectivity index (χ3n) is 11.4. The molecule has 53 heavy (non-hydrogen) atoms. The summed E-state index contributed by atoms with van der Waals surface area (Å²) < 4.78 is 11.0. The molecule has 1 aliphatic rings. The molecule has 0 spiro atoms. The van der Waals surface area contributed by atoms with Gasteiger partial charge in [0.15, 0.2) is 0 Å². The fourth-order valence-corrected chi connectivity index (χ4v) is 8.78. The molecule has 6 aromatic carbocycles. The van der Waals surface area contributed by atoms with Crippen LogP contribution in [0.4, 0.5) is 0 Å². The molecule has 0 N–H and O–H groups in total. The Morgan fingerprint density at radius 3 is 1.87 bits per heavy atom. The highest BCUT2D eigenvalue weighted by Crippen LogP contribution is 2.50. The Kier molecular flexibility index (Phi) is 6.35. The van der Waals surface area contributed by atoms with E-state index in [9.17, 15) is 10.5 Å². The summed E-state index contributed by atoms with van der Waals surface area (Å²) in [6.45, 7) is 11.3. The van der Waals surface area contributed by atoms with Crippen LogP contribution in [0.3, 0.4) is 0 Å². The van der Waals surface area contributed by atoms with E-state index in [-0.39, 0.29) is 5.41 Å². The monoisotopic (exact) mass is 680 g/mol. The lowest BCUT2D eigenvalue weighted by molar-refractivity contribution is 0.664. The molecule has 0 fully saturated rings. The highest BCUT2D eigenvalue weighted by molar-refractivity contribution is 6.12. The van der Waals surface area contributed by atoms with Crippen molar-refractivity contribution in [2.24, 2.45) is 0 Å². The first-order valence-corrected chi connectivity index (χ1v) is 17.7. The number of rotatable bonds is 3. The third kappa shape index (κ3) is 4.17. The van der Waals surface area contributed by atoms with Crippen LogP contribution in [0.1, 0.15) is 47.4 Å². The van der Waals surface area contributed by atoms with Crippen molar-refractivity contribution in [1.29, 1.82) is 10.5 Å². The minimum atomic E-state index is -0.302. The summed E-state index contributed by atoms with van der Waals surface area (Å²) >= 11 is 0. The Morgan fingerprint density at radius 2 is 1.21 bits per heavy atom. The topological polar surface area (TPSA) is 70.6 Å². The van der Waals surface area contributed by atoms with Gasteiger partial charge in [-0.25, -0.2) is 0 Å². The molecule has 5 heteroatoms. The summed E-state index contributed by atoms with van der Waals surface area (Å²) in [6, 6.07) is 46.1. The van der Waals surface area contributed by atoms with Crippen LogP contribution >= 0.6 is 0 Å². The summed E-state index contributed by atoms with van der Waals surface area (Å²) in [7, 11) is 0. The second-order valence-corrected chi connectivity index (χ2v) is 14.5. The number of fused-ring (bicyclic) bond motifs is 8. The van der Waals surface area contributed by atoms with E-state index in [4.69, 9.17) is 4.42 Å². The Bertz CT molecular complexity index is 3150. The molecule has 0 aliphatic heterocycles. The van der Waals surface area contributed by atoms with Gasteiger partial charge in [0.2, 0.25) is 0 Å². The molecule has 5 nitrogen and oxygen atoms in total. The first kappa shape index (κ1) is 30.7. The smallest absolute Gasteiger partial charge is 0.137 e. The molecule has 0 saturated carbocycles. The Morgan fingerprint density at radius 1 is 0.623 bits per heavy atom. The number of para-hydroxylation sites is 3. The lowest BCUT2D eigenvalue weighted by Gasteiger charge is -2.23. The lowest BCUT2D eigenvalue weighted by Crippen LogP contribution is -2.15. The third-order valence-corrected chi connectivity index (χ3v) is 11.4. The molecule has 0 amide bonds. The predicted molar refractivity (Wildman–Crippen MR) is 216 cm³/mol. The minimum absolute atomic E-state index is 0.302. The van der Waals surface area contributed by atoms with E-state index >= 15 is 0 Å². The second kappa shape index (κ2) is 11.0. The minimum Gasteiger partial charge on any atom is -0.456 e.